The van der Waals surface area contributed by atoms with Crippen molar-refractivity contribution in [3.63, 3.8) is 0 Å². The van der Waals surface area contributed by atoms with Crippen molar-refractivity contribution in [2.24, 2.45) is 0 Å². The van der Waals surface area contributed by atoms with Crippen molar-refractivity contribution in [3.8, 4) is 0 Å². The van der Waals surface area contributed by atoms with E-state index in [1.54, 1.807) is 12.1 Å². The van der Waals surface area contributed by atoms with Crippen molar-refractivity contribution in [2.75, 3.05) is 4.90 Å². The van der Waals surface area contributed by atoms with Gasteiger partial charge in [-0.3, -0.25) is 14.5 Å². The molecule has 1 saturated heterocycles. The summed E-state index contributed by atoms with van der Waals surface area (Å²) in [5.74, 6) is -0.160. The number of carbonyl (C=O) groups is 2. The predicted molar refractivity (Wildman–Crippen MR) is 57.4 cm³/mol. The van der Waals surface area contributed by atoms with Gasteiger partial charge in [-0.15, -0.1) is 0 Å². The molecule has 0 aliphatic carbocycles. The average Bonchev–Trinajstić information content (AvgIpc) is 2.41. The lowest BCUT2D eigenvalue weighted by Crippen LogP contribution is -2.34. The Balaban J connectivity index is 2.32. The van der Waals surface area contributed by atoms with Crippen molar-refractivity contribution in [2.45, 2.75) is 25.7 Å². The van der Waals surface area contributed by atoms with Crippen LogP contribution in [0.5, 0.6) is 0 Å². The second-order valence-corrected chi connectivity index (χ2v) is 3.67. The average molecular weight is 203 g/mol. The Morgan fingerprint density at radius 3 is 1.93 bits per heavy atom. The highest BCUT2D eigenvalue weighted by atomic mass is 16.2. The first-order chi connectivity index (χ1) is 7.29. The van der Waals surface area contributed by atoms with Crippen molar-refractivity contribution in [1.29, 1.82) is 0 Å². The fraction of sp³-hybridized carbons (Fsp3) is 0.333. The number of imide groups is 1. The van der Waals surface area contributed by atoms with E-state index in [0.29, 0.717) is 18.5 Å². The normalized spacial score (nSPS) is 17.7. The maximum atomic E-state index is 11.7. The first-order valence-corrected chi connectivity index (χ1v) is 5.20. The molecule has 1 heterocycles. The summed E-state index contributed by atoms with van der Waals surface area (Å²) in [6, 6.07) is 9.13. The van der Waals surface area contributed by atoms with E-state index >= 15 is 0 Å². The Kier molecular flexibility index (Phi) is 2.81. The molecule has 0 N–H and O–H groups in total. The second-order valence-electron chi connectivity index (χ2n) is 3.67. The van der Waals surface area contributed by atoms with Crippen LogP contribution in [0.25, 0.3) is 0 Å². The third-order valence-corrected chi connectivity index (χ3v) is 2.54. The van der Waals surface area contributed by atoms with E-state index in [1.807, 2.05) is 18.2 Å². The number of para-hydroxylation sites is 1. The van der Waals surface area contributed by atoms with Gasteiger partial charge in [0, 0.05) is 12.8 Å². The molecule has 0 aromatic heterocycles. The van der Waals surface area contributed by atoms with Gasteiger partial charge in [-0.2, -0.15) is 0 Å². The van der Waals surface area contributed by atoms with Gasteiger partial charge >= 0.3 is 0 Å². The van der Waals surface area contributed by atoms with Gasteiger partial charge in [0.25, 0.3) is 0 Å². The first kappa shape index (κ1) is 9.90. The summed E-state index contributed by atoms with van der Waals surface area (Å²) < 4.78 is 0. The number of nitrogens with zero attached hydrogens (tertiary/aromatic N) is 1. The predicted octanol–water partition coefficient (Wildman–Crippen LogP) is 2.12. The third-order valence-electron chi connectivity index (χ3n) is 2.54. The minimum Gasteiger partial charge on any atom is -0.274 e. The summed E-state index contributed by atoms with van der Waals surface area (Å²) in [5, 5.41) is 0. The number of benzene rings is 1. The summed E-state index contributed by atoms with van der Waals surface area (Å²) >= 11 is 0. The number of amides is 2. The van der Waals surface area contributed by atoms with Crippen molar-refractivity contribution < 1.29 is 9.59 Å². The lowest BCUT2D eigenvalue weighted by atomic mass is 10.2. The minimum absolute atomic E-state index is 0.0799. The molecule has 0 radical (unpaired) electrons. The van der Waals surface area contributed by atoms with Crippen LogP contribution < -0.4 is 4.90 Å². The topological polar surface area (TPSA) is 37.4 Å². The molecule has 78 valence electrons. The van der Waals surface area contributed by atoms with Crippen LogP contribution >= 0.6 is 0 Å². The highest BCUT2D eigenvalue weighted by Gasteiger charge is 2.24. The van der Waals surface area contributed by atoms with E-state index in [2.05, 4.69) is 0 Å². The van der Waals surface area contributed by atoms with Crippen LogP contribution in [0.1, 0.15) is 25.7 Å². The van der Waals surface area contributed by atoms with Gasteiger partial charge in [0.15, 0.2) is 0 Å². The molecule has 15 heavy (non-hydrogen) atoms. The standard InChI is InChI=1S/C12H13NO2/c14-11-8-4-5-9-12(15)13(11)10-6-2-1-3-7-10/h1-3,6-7H,4-5,8-9H2. The van der Waals surface area contributed by atoms with Crippen LogP contribution in [0, 0.1) is 0 Å². The Morgan fingerprint density at radius 1 is 0.867 bits per heavy atom. The molecule has 0 saturated carbocycles. The zero-order chi connectivity index (χ0) is 10.7. The van der Waals surface area contributed by atoms with Crippen molar-refractivity contribution in [3.05, 3.63) is 30.3 Å². The monoisotopic (exact) mass is 203 g/mol. The molecule has 1 fully saturated rings. The maximum absolute atomic E-state index is 11.7. The van der Waals surface area contributed by atoms with Crippen LogP contribution in [0.2, 0.25) is 0 Å². The molecular formula is C12H13NO2. The first-order valence-electron chi connectivity index (χ1n) is 5.20. The van der Waals surface area contributed by atoms with E-state index < -0.39 is 0 Å². The number of hydrogen-bond donors (Lipinski definition) is 0. The highest BCUT2D eigenvalue weighted by molar-refractivity contribution is 6.15. The number of carbonyl (C=O) groups excluding carboxylic acids is 2. The summed E-state index contributed by atoms with van der Waals surface area (Å²) in [6.07, 6.45) is 2.57. The molecule has 1 aliphatic heterocycles. The van der Waals surface area contributed by atoms with Gasteiger partial charge in [0.2, 0.25) is 11.8 Å². The van der Waals surface area contributed by atoms with Crippen LogP contribution in [0.15, 0.2) is 30.3 Å². The van der Waals surface area contributed by atoms with Crippen molar-refractivity contribution in [1.82, 2.24) is 0 Å². The van der Waals surface area contributed by atoms with E-state index in [-0.39, 0.29) is 11.8 Å². The van der Waals surface area contributed by atoms with Crippen LogP contribution in [-0.2, 0) is 9.59 Å². The Labute approximate surface area is 88.7 Å². The lowest BCUT2D eigenvalue weighted by molar-refractivity contribution is -0.125. The van der Waals surface area contributed by atoms with E-state index in [0.717, 1.165) is 12.8 Å². The Hall–Kier alpha value is -1.64. The molecule has 0 unspecified atom stereocenters. The van der Waals surface area contributed by atoms with E-state index in [1.165, 1.54) is 4.90 Å². The molecule has 2 rings (SSSR count). The molecule has 1 aliphatic rings. The van der Waals surface area contributed by atoms with Gasteiger partial charge in [-0.25, -0.2) is 0 Å². The molecule has 2 amide bonds. The molecule has 0 atom stereocenters. The largest absolute Gasteiger partial charge is 0.274 e. The minimum atomic E-state index is -0.0799. The van der Waals surface area contributed by atoms with Crippen LogP contribution in [0.4, 0.5) is 5.69 Å². The zero-order valence-corrected chi connectivity index (χ0v) is 8.48. The molecule has 0 bridgehead atoms. The smallest absolute Gasteiger partial charge is 0.233 e. The summed E-state index contributed by atoms with van der Waals surface area (Å²) in [7, 11) is 0. The van der Waals surface area contributed by atoms with E-state index in [4.69, 9.17) is 0 Å². The van der Waals surface area contributed by atoms with Crippen molar-refractivity contribution >= 4 is 17.5 Å². The summed E-state index contributed by atoms with van der Waals surface area (Å²) in [6.45, 7) is 0. The van der Waals surface area contributed by atoms with Crippen LogP contribution in [-0.4, -0.2) is 11.8 Å². The van der Waals surface area contributed by atoms with Gasteiger partial charge < -0.3 is 0 Å². The number of rotatable bonds is 1. The Morgan fingerprint density at radius 2 is 1.40 bits per heavy atom. The lowest BCUT2D eigenvalue weighted by Gasteiger charge is -2.18. The summed E-state index contributed by atoms with van der Waals surface area (Å²) in [5.41, 5.74) is 0.689. The van der Waals surface area contributed by atoms with E-state index in [9.17, 15) is 9.59 Å². The molecule has 0 spiro atoms. The van der Waals surface area contributed by atoms with Gasteiger partial charge in [0.1, 0.15) is 0 Å². The fourth-order valence-electron chi connectivity index (χ4n) is 1.78. The number of anilines is 1. The quantitative estimate of drug-likeness (QED) is 0.655. The van der Waals surface area contributed by atoms with Gasteiger partial charge in [0.05, 0.1) is 5.69 Å². The number of hydrogen-bond acceptors (Lipinski definition) is 2. The van der Waals surface area contributed by atoms with Gasteiger partial charge in [-0.1, -0.05) is 18.2 Å². The fourth-order valence-corrected chi connectivity index (χ4v) is 1.78. The van der Waals surface area contributed by atoms with Crippen LogP contribution in [0.3, 0.4) is 0 Å². The Bertz CT molecular complexity index is 354. The van der Waals surface area contributed by atoms with Gasteiger partial charge in [-0.05, 0) is 25.0 Å². The SMILES string of the molecule is O=C1CCCCC(=O)N1c1ccccc1. The molecule has 1 aromatic rings. The molecule has 3 nitrogen and oxygen atoms in total. The maximum Gasteiger partial charge on any atom is 0.233 e. The highest BCUT2D eigenvalue weighted by Crippen LogP contribution is 2.20. The zero-order valence-electron chi connectivity index (χ0n) is 8.48. The molecule has 3 heteroatoms. The third kappa shape index (κ3) is 2.06. The molecule has 1 aromatic carbocycles. The second kappa shape index (κ2) is 4.26. The summed E-state index contributed by atoms with van der Waals surface area (Å²) in [4.78, 5) is 24.8. The molecular weight excluding hydrogens is 190 g/mol.